The fraction of sp³-hybridized carbons (Fsp3) is 1.00. The molecule has 1 atom stereocenters. The van der Waals surface area contributed by atoms with Gasteiger partial charge in [0.2, 0.25) is 0 Å². The average molecular weight is 269 g/mol. The molecule has 1 aliphatic carbocycles. The van der Waals surface area contributed by atoms with E-state index in [0.29, 0.717) is 5.41 Å². The largest absolute Gasteiger partial charge is 0.303 e. The van der Waals surface area contributed by atoms with Crippen molar-refractivity contribution in [3.63, 3.8) is 0 Å². The Bertz CT molecular complexity index is 245. The van der Waals surface area contributed by atoms with Crippen LogP contribution in [0.5, 0.6) is 0 Å². The summed E-state index contributed by atoms with van der Waals surface area (Å²) in [5, 5.41) is 0. The van der Waals surface area contributed by atoms with Crippen molar-refractivity contribution < 1.29 is 0 Å². The fourth-order valence-corrected chi connectivity index (χ4v) is 4.39. The second-order valence-electron chi connectivity index (χ2n) is 7.08. The van der Waals surface area contributed by atoms with Crippen molar-refractivity contribution in [3.8, 4) is 0 Å². The first-order chi connectivity index (χ1) is 8.65. The zero-order chi connectivity index (χ0) is 13.0. The molecule has 1 heterocycles. The lowest BCUT2D eigenvalue weighted by atomic mass is 9.87. The molecule has 1 unspecified atom stereocenters. The van der Waals surface area contributed by atoms with Gasteiger partial charge in [0, 0.05) is 6.54 Å². The minimum absolute atomic E-state index is 0.556. The standard InChI is InChI=1S/C16H31NS/c1-14(2)15-6-5-10-17(11-7-15)12-16(13-18)8-3-4-9-16/h14-15,18H,3-13H2,1-2H3. The number of thiol groups is 1. The highest BCUT2D eigenvalue weighted by Crippen LogP contribution is 2.40. The minimum atomic E-state index is 0.556. The number of likely N-dealkylation sites (tertiary alicyclic amines) is 1. The molecule has 2 rings (SSSR count). The van der Waals surface area contributed by atoms with Gasteiger partial charge in [-0.05, 0) is 68.2 Å². The quantitative estimate of drug-likeness (QED) is 0.747. The Morgan fingerprint density at radius 1 is 1.11 bits per heavy atom. The maximum Gasteiger partial charge on any atom is 0.00458 e. The van der Waals surface area contributed by atoms with Gasteiger partial charge in [-0.1, -0.05) is 26.7 Å². The molecule has 106 valence electrons. The van der Waals surface area contributed by atoms with E-state index in [4.69, 9.17) is 0 Å². The molecule has 2 heteroatoms. The van der Waals surface area contributed by atoms with E-state index in [1.165, 1.54) is 64.6 Å². The molecule has 1 nitrogen and oxygen atoms in total. The molecule has 0 aromatic rings. The summed E-state index contributed by atoms with van der Waals surface area (Å²) in [7, 11) is 0. The van der Waals surface area contributed by atoms with Crippen LogP contribution in [0.4, 0.5) is 0 Å². The molecule has 0 aromatic carbocycles. The zero-order valence-electron chi connectivity index (χ0n) is 12.3. The molecule has 0 radical (unpaired) electrons. The van der Waals surface area contributed by atoms with Crippen molar-refractivity contribution in [1.29, 1.82) is 0 Å². The first-order valence-corrected chi connectivity index (χ1v) is 8.62. The Morgan fingerprint density at radius 3 is 2.44 bits per heavy atom. The third kappa shape index (κ3) is 3.66. The molecule has 18 heavy (non-hydrogen) atoms. The highest BCUT2D eigenvalue weighted by Gasteiger charge is 2.34. The van der Waals surface area contributed by atoms with E-state index in [2.05, 4.69) is 31.4 Å². The van der Waals surface area contributed by atoms with Gasteiger partial charge >= 0.3 is 0 Å². The van der Waals surface area contributed by atoms with Crippen LogP contribution in [0.25, 0.3) is 0 Å². The molecule has 2 aliphatic rings. The van der Waals surface area contributed by atoms with Crippen LogP contribution < -0.4 is 0 Å². The lowest BCUT2D eigenvalue weighted by Crippen LogP contribution is -2.38. The maximum absolute atomic E-state index is 4.65. The Kier molecular flexibility index (Phi) is 5.44. The summed E-state index contributed by atoms with van der Waals surface area (Å²) in [5.74, 6) is 2.93. The molecule has 2 fully saturated rings. The molecular weight excluding hydrogens is 238 g/mol. The van der Waals surface area contributed by atoms with E-state index in [-0.39, 0.29) is 0 Å². The summed E-state index contributed by atoms with van der Waals surface area (Å²) >= 11 is 4.65. The van der Waals surface area contributed by atoms with Crippen molar-refractivity contribution in [3.05, 3.63) is 0 Å². The smallest absolute Gasteiger partial charge is 0.00458 e. The van der Waals surface area contributed by atoms with Crippen molar-refractivity contribution in [2.24, 2.45) is 17.3 Å². The zero-order valence-corrected chi connectivity index (χ0v) is 13.2. The van der Waals surface area contributed by atoms with E-state index in [1.807, 2.05) is 0 Å². The lowest BCUT2D eigenvalue weighted by Gasteiger charge is -2.34. The summed E-state index contributed by atoms with van der Waals surface area (Å²) < 4.78 is 0. The third-order valence-corrected chi connectivity index (χ3v) is 6.04. The Balaban J connectivity index is 1.86. The second kappa shape index (κ2) is 6.65. The Morgan fingerprint density at radius 2 is 1.83 bits per heavy atom. The summed E-state index contributed by atoms with van der Waals surface area (Å²) in [6.07, 6.45) is 9.97. The van der Waals surface area contributed by atoms with E-state index in [1.54, 1.807) is 0 Å². The predicted octanol–water partition coefficient (Wildman–Crippen LogP) is 4.23. The van der Waals surface area contributed by atoms with Crippen LogP contribution >= 0.6 is 12.6 Å². The molecule has 0 aromatic heterocycles. The second-order valence-corrected chi connectivity index (χ2v) is 7.39. The van der Waals surface area contributed by atoms with Crippen LogP contribution in [-0.4, -0.2) is 30.3 Å². The summed E-state index contributed by atoms with van der Waals surface area (Å²) in [6, 6.07) is 0. The number of hydrogen-bond donors (Lipinski definition) is 1. The molecule has 0 bridgehead atoms. The van der Waals surface area contributed by atoms with Gasteiger partial charge < -0.3 is 4.90 Å². The van der Waals surface area contributed by atoms with Crippen molar-refractivity contribution >= 4 is 12.6 Å². The lowest BCUT2D eigenvalue weighted by molar-refractivity contribution is 0.173. The number of nitrogens with zero attached hydrogens (tertiary/aromatic N) is 1. The van der Waals surface area contributed by atoms with Gasteiger partial charge in [0.05, 0.1) is 0 Å². The topological polar surface area (TPSA) is 3.24 Å². The van der Waals surface area contributed by atoms with Crippen LogP contribution in [0.2, 0.25) is 0 Å². The number of rotatable bonds is 4. The van der Waals surface area contributed by atoms with Crippen LogP contribution in [0.1, 0.15) is 58.8 Å². The van der Waals surface area contributed by atoms with E-state index in [9.17, 15) is 0 Å². The van der Waals surface area contributed by atoms with Crippen molar-refractivity contribution in [2.75, 3.05) is 25.4 Å². The minimum Gasteiger partial charge on any atom is -0.303 e. The third-order valence-electron chi connectivity index (χ3n) is 5.37. The van der Waals surface area contributed by atoms with Gasteiger partial charge in [-0.2, -0.15) is 12.6 Å². The summed E-state index contributed by atoms with van der Waals surface area (Å²) in [5.41, 5.74) is 0.556. The van der Waals surface area contributed by atoms with Crippen LogP contribution in [0.15, 0.2) is 0 Å². The monoisotopic (exact) mass is 269 g/mol. The van der Waals surface area contributed by atoms with Gasteiger partial charge in [0.15, 0.2) is 0 Å². The molecule has 0 amide bonds. The van der Waals surface area contributed by atoms with Gasteiger partial charge in [-0.15, -0.1) is 0 Å². The summed E-state index contributed by atoms with van der Waals surface area (Å²) in [4.78, 5) is 2.75. The Labute approximate surface area is 119 Å². The molecule has 0 spiro atoms. The van der Waals surface area contributed by atoms with Crippen LogP contribution in [-0.2, 0) is 0 Å². The SMILES string of the molecule is CC(C)C1CCCN(CC2(CS)CCCC2)CC1. The van der Waals surface area contributed by atoms with Crippen molar-refractivity contribution in [2.45, 2.75) is 58.8 Å². The summed E-state index contributed by atoms with van der Waals surface area (Å²) in [6.45, 7) is 8.78. The molecule has 1 aliphatic heterocycles. The van der Waals surface area contributed by atoms with Crippen molar-refractivity contribution in [1.82, 2.24) is 4.90 Å². The Hall–Kier alpha value is 0.310. The molecular formula is C16H31NS. The van der Waals surface area contributed by atoms with Gasteiger partial charge in [0.1, 0.15) is 0 Å². The molecule has 0 N–H and O–H groups in total. The van der Waals surface area contributed by atoms with Gasteiger partial charge in [-0.25, -0.2) is 0 Å². The molecule has 1 saturated heterocycles. The normalized spacial score (nSPS) is 29.7. The fourth-order valence-electron chi connectivity index (χ4n) is 3.97. The first kappa shape index (κ1) is 14.7. The van der Waals surface area contributed by atoms with Gasteiger partial charge in [0.25, 0.3) is 0 Å². The van der Waals surface area contributed by atoms with Crippen LogP contribution in [0.3, 0.4) is 0 Å². The highest BCUT2D eigenvalue weighted by atomic mass is 32.1. The first-order valence-electron chi connectivity index (χ1n) is 7.98. The average Bonchev–Trinajstić information content (AvgIpc) is 2.69. The van der Waals surface area contributed by atoms with Crippen LogP contribution in [0, 0.1) is 17.3 Å². The van der Waals surface area contributed by atoms with Gasteiger partial charge in [-0.3, -0.25) is 0 Å². The highest BCUT2D eigenvalue weighted by molar-refractivity contribution is 7.80. The van der Waals surface area contributed by atoms with E-state index >= 15 is 0 Å². The number of hydrogen-bond acceptors (Lipinski definition) is 2. The maximum atomic E-state index is 4.65. The van der Waals surface area contributed by atoms with E-state index in [0.717, 1.165) is 17.6 Å². The molecule has 1 saturated carbocycles. The van der Waals surface area contributed by atoms with E-state index < -0.39 is 0 Å². The predicted molar refractivity (Wildman–Crippen MR) is 83.4 cm³/mol.